The number of aliphatic hydroxyl groups excluding tert-OH is 1. The molecule has 6 rings (SSSR count). The van der Waals surface area contributed by atoms with Gasteiger partial charge in [-0.15, -0.1) is 0 Å². The maximum atomic E-state index is 10.6. The van der Waals surface area contributed by atoms with Gasteiger partial charge in [-0.05, 0) is 43.3 Å². The average molecular weight is 580 g/mol. The van der Waals surface area contributed by atoms with Crippen LogP contribution >= 0.6 is 23.1 Å². The minimum atomic E-state index is -5.08. The highest BCUT2D eigenvalue weighted by atomic mass is 35.5. The number of pyridine rings is 1. The second-order valence-corrected chi connectivity index (χ2v) is 10.2. The molecular formula is C25H21ClF3N5O4S. The number of nitrogens with two attached hydrogens (primary N) is 1. The lowest BCUT2D eigenvalue weighted by Crippen LogP contribution is -2.21. The highest BCUT2D eigenvalue weighted by Gasteiger charge is 2.38. The van der Waals surface area contributed by atoms with E-state index in [0.717, 1.165) is 57.8 Å². The van der Waals surface area contributed by atoms with Crippen molar-refractivity contribution >= 4 is 56.0 Å². The molecule has 204 valence electrons. The first-order chi connectivity index (χ1) is 18.5. The number of aliphatic hydroxyl groups is 1. The van der Waals surface area contributed by atoms with Crippen molar-refractivity contribution in [3.8, 4) is 22.5 Å². The van der Waals surface area contributed by atoms with E-state index in [4.69, 9.17) is 31.7 Å². The normalized spacial score (nSPS) is 17.8. The van der Waals surface area contributed by atoms with Gasteiger partial charge < -0.3 is 20.4 Å². The number of anilines is 1. The zero-order chi connectivity index (χ0) is 27.9. The number of fused-ring (bicyclic) bond motifs is 2. The van der Waals surface area contributed by atoms with Gasteiger partial charge in [0, 0.05) is 40.7 Å². The fourth-order valence-corrected chi connectivity index (χ4v) is 5.64. The van der Waals surface area contributed by atoms with Crippen molar-refractivity contribution < 1.29 is 32.6 Å². The molecule has 9 nitrogen and oxygen atoms in total. The van der Waals surface area contributed by atoms with E-state index in [-0.39, 0.29) is 12.1 Å². The number of carboxylic acid groups (broad SMARTS) is 1. The molecule has 5 aromatic rings. The van der Waals surface area contributed by atoms with Crippen molar-refractivity contribution in [3.05, 3.63) is 48.0 Å². The Bertz CT molecular complexity index is 1660. The van der Waals surface area contributed by atoms with Gasteiger partial charge in [-0.3, -0.25) is 4.68 Å². The van der Waals surface area contributed by atoms with E-state index < -0.39 is 12.1 Å². The average Bonchev–Trinajstić information content (AvgIpc) is 3.64. The molecule has 4 aromatic heterocycles. The minimum Gasteiger partial charge on any atom is -0.475 e. The molecule has 14 heteroatoms. The van der Waals surface area contributed by atoms with Crippen molar-refractivity contribution in [2.45, 2.75) is 44.0 Å². The summed E-state index contributed by atoms with van der Waals surface area (Å²) in [5.74, 6) is -1.90. The third kappa shape index (κ3) is 5.29. The Balaban J connectivity index is 0.000000392. The van der Waals surface area contributed by atoms with E-state index >= 15 is 0 Å². The van der Waals surface area contributed by atoms with E-state index in [2.05, 4.69) is 14.5 Å². The van der Waals surface area contributed by atoms with E-state index in [0.29, 0.717) is 22.2 Å². The predicted octanol–water partition coefficient (Wildman–Crippen LogP) is 6.31. The molecule has 0 unspecified atom stereocenters. The van der Waals surface area contributed by atoms with Crippen molar-refractivity contribution in [2.75, 3.05) is 5.73 Å². The molecular weight excluding hydrogens is 559 g/mol. The summed E-state index contributed by atoms with van der Waals surface area (Å²) in [4.78, 5) is 13.3. The fraction of sp³-hybridized carbons (Fsp3) is 0.280. The Morgan fingerprint density at radius 2 is 1.87 bits per heavy atom. The van der Waals surface area contributed by atoms with Gasteiger partial charge in [-0.1, -0.05) is 23.7 Å². The minimum absolute atomic E-state index is 0.201. The number of alkyl halides is 3. The quantitative estimate of drug-likeness (QED) is 0.226. The molecule has 1 aliphatic carbocycles. The number of hydrogen-bond acceptors (Lipinski definition) is 8. The highest BCUT2D eigenvalue weighted by Crippen LogP contribution is 2.45. The van der Waals surface area contributed by atoms with Gasteiger partial charge in [0.05, 0.1) is 33.5 Å². The monoisotopic (exact) mass is 579 g/mol. The Labute approximate surface area is 227 Å². The lowest BCUT2D eigenvalue weighted by molar-refractivity contribution is -0.192. The summed E-state index contributed by atoms with van der Waals surface area (Å²) < 4.78 is 45.2. The van der Waals surface area contributed by atoms with Crippen LogP contribution in [0.3, 0.4) is 0 Å². The molecule has 0 atom stereocenters. The van der Waals surface area contributed by atoms with E-state index in [1.807, 2.05) is 41.5 Å². The molecule has 1 saturated carbocycles. The number of benzene rings is 1. The van der Waals surface area contributed by atoms with Crippen molar-refractivity contribution in [1.82, 2.24) is 19.1 Å². The van der Waals surface area contributed by atoms with Crippen LogP contribution in [0.25, 0.3) is 43.5 Å². The van der Waals surface area contributed by atoms with Crippen LogP contribution in [0.1, 0.15) is 31.7 Å². The van der Waals surface area contributed by atoms with Gasteiger partial charge in [0.2, 0.25) is 0 Å². The summed E-state index contributed by atoms with van der Waals surface area (Å²) in [6, 6.07) is 6.23. The maximum absolute atomic E-state index is 10.6. The number of halogens is 4. The molecule has 0 amide bonds. The lowest BCUT2D eigenvalue weighted by atomic mass is 9.93. The number of aromatic nitrogens is 4. The Hall–Kier alpha value is -3.68. The van der Waals surface area contributed by atoms with E-state index in [9.17, 15) is 18.3 Å². The molecule has 4 N–H and O–H groups in total. The number of aliphatic carboxylic acids is 1. The Morgan fingerprint density at radius 3 is 2.56 bits per heavy atom. The first-order valence-corrected chi connectivity index (χ1v) is 12.9. The van der Waals surface area contributed by atoms with Crippen LogP contribution in [0.15, 0.2) is 47.4 Å². The van der Waals surface area contributed by atoms with Crippen molar-refractivity contribution in [2.24, 2.45) is 0 Å². The third-order valence-electron chi connectivity index (χ3n) is 6.51. The van der Waals surface area contributed by atoms with Crippen LogP contribution in [-0.2, 0) is 4.79 Å². The largest absolute Gasteiger partial charge is 0.490 e. The molecule has 1 fully saturated rings. The van der Waals surface area contributed by atoms with Crippen LogP contribution in [0, 0.1) is 0 Å². The fourth-order valence-electron chi connectivity index (χ4n) is 4.55. The number of hydrogen-bond donors (Lipinski definition) is 3. The van der Waals surface area contributed by atoms with Gasteiger partial charge in [0.1, 0.15) is 0 Å². The summed E-state index contributed by atoms with van der Waals surface area (Å²) in [6.07, 6.45) is 5.53. The van der Waals surface area contributed by atoms with Crippen LogP contribution in [0.4, 0.5) is 19.0 Å². The third-order valence-corrected chi connectivity index (χ3v) is 7.72. The molecule has 0 saturated heterocycles. The molecule has 0 aliphatic heterocycles. The summed E-state index contributed by atoms with van der Waals surface area (Å²) >= 11 is 8.31. The molecule has 4 heterocycles. The van der Waals surface area contributed by atoms with Crippen molar-refractivity contribution in [3.63, 3.8) is 0 Å². The number of furan rings is 1. The molecule has 39 heavy (non-hydrogen) atoms. The van der Waals surface area contributed by atoms with Crippen LogP contribution in [-0.4, -0.2) is 47.6 Å². The van der Waals surface area contributed by atoms with Gasteiger partial charge in [0.15, 0.2) is 17.2 Å². The second-order valence-electron chi connectivity index (χ2n) is 9.03. The van der Waals surface area contributed by atoms with Gasteiger partial charge in [-0.25, -0.2) is 9.78 Å². The molecule has 1 aliphatic rings. The van der Waals surface area contributed by atoms with Crippen LogP contribution in [0.2, 0.25) is 5.02 Å². The summed E-state index contributed by atoms with van der Waals surface area (Å²) in [6.45, 7) is 0. The zero-order valence-electron chi connectivity index (χ0n) is 20.0. The molecule has 0 radical (unpaired) electrons. The topological polar surface area (TPSA) is 140 Å². The Morgan fingerprint density at radius 1 is 1.15 bits per heavy atom. The SMILES string of the molecule is Nc1ncc(-c2cnn(C3CCC(O)CC3)c2)c2c(Cl)c(-c3cccc4cnsc34)oc12.O=C(O)C(F)(F)F. The molecule has 1 aromatic carbocycles. The Kier molecular flexibility index (Phi) is 7.23. The van der Waals surface area contributed by atoms with Gasteiger partial charge in [0.25, 0.3) is 0 Å². The van der Waals surface area contributed by atoms with E-state index in [1.54, 1.807) is 6.20 Å². The smallest absolute Gasteiger partial charge is 0.475 e. The first kappa shape index (κ1) is 26.9. The van der Waals surface area contributed by atoms with E-state index in [1.165, 1.54) is 11.5 Å². The zero-order valence-corrected chi connectivity index (χ0v) is 21.6. The number of carboxylic acids is 1. The number of nitrogens with zero attached hydrogens (tertiary/aromatic N) is 4. The lowest BCUT2D eigenvalue weighted by Gasteiger charge is -2.25. The highest BCUT2D eigenvalue weighted by molar-refractivity contribution is 7.13. The molecule has 0 spiro atoms. The first-order valence-electron chi connectivity index (χ1n) is 11.8. The maximum Gasteiger partial charge on any atom is 0.490 e. The van der Waals surface area contributed by atoms with Crippen LogP contribution < -0.4 is 5.73 Å². The summed E-state index contributed by atoms with van der Waals surface area (Å²) in [5.41, 5.74) is 9.25. The predicted molar refractivity (Wildman–Crippen MR) is 140 cm³/mol. The number of rotatable bonds is 3. The summed E-state index contributed by atoms with van der Waals surface area (Å²) in [5, 5.41) is 23.8. The number of carbonyl (C=O) groups is 1. The van der Waals surface area contributed by atoms with Crippen molar-refractivity contribution in [1.29, 1.82) is 0 Å². The molecule has 0 bridgehead atoms. The van der Waals surface area contributed by atoms with Crippen LogP contribution in [0.5, 0.6) is 0 Å². The van der Waals surface area contributed by atoms with Gasteiger partial charge >= 0.3 is 12.1 Å². The summed E-state index contributed by atoms with van der Waals surface area (Å²) in [7, 11) is 0. The van der Waals surface area contributed by atoms with Gasteiger partial charge in [-0.2, -0.15) is 22.6 Å². The second kappa shape index (κ2) is 10.5. The standard InChI is InChI=1S/C23H20ClN5O2S.C2HF3O2/c24-19-18-17(13-8-27-29(11-13)14-4-6-15(30)7-5-14)10-26-23(25)21(18)31-20(19)16-3-1-2-12-9-28-32-22(12)16;3-2(4,5)1(6)7/h1-3,8-11,14-15,30H,4-7H2,(H2,25,26);(H,6,7). The number of nitrogen functional groups attached to an aromatic ring is 1.